The molecule has 1 aromatic carbocycles. The monoisotopic (exact) mass is 361 g/mol. The largest absolute Gasteiger partial charge is 0.335 e. The van der Waals surface area contributed by atoms with Gasteiger partial charge in [0.25, 0.3) is 0 Å². The first-order valence-electron chi connectivity index (χ1n) is 9.09. The minimum absolute atomic E-state index is 0.127. The first kappa shape index (κ1) is 17.3. The summed E-state index contributed by atoms with van der Waals surface area (Å²) < 4.78 is 13.6. The number of benzene rings is 1. The molecular weight excluding hydrogens is 341 g/mol. The lowest BCUT2D eigenvalue weighted by Crippen LogP contribution is -2.34. The van der Waals surface area contributed by atoms with Crippen molar-refractivity contribution >= 4 is 5.91 Å². The minimum Gasteiger partial charge on any atom is -0.335 e. The van der Waals surface area contributed by atoms with Crippen LogP contribution in [-0.4, -0.2) is 27.3 Å². The third kappa shape index (κ3) is 3.58. The van der Waals surface area contributed by atoms with Crippen LogP contribution in [0.5, 0.6) is 0 Å². The van der Waals surface area contributed by atoms with Crippen LogP contribution in [0.15, 0.2) is 73.3 Å². The molecule has 0 saturated carbocycles. The van der Waals surface area contributed by atoms with Crippen LogP contribution in [0.3, 0.4) is 0 Å². The minimum atomic E-state index is -0.287. The van der Waals surface area contributed by atoms with Crippen molar-refractivity contribution in [3.63, 3.8) is 0 Å². The van der Waals surface area contributed by atoms with Gasteiger partial charge in [0.1, 0.15) is 5.82 Å². The number of nitrogens with zero attached hydrogens (tertiary/aromatic N) is 3. The van der Waals surface area contributed by atoms with Crippen molar-refractivity contribution in [1.29, 1.82) is 0 Å². The number of hydrogen-bond acceptors (Lipinski definition) is 3. The number of aromatic nitrogens is 2. The molecule has 5 heteroatoms. The second-order valence-corrected chi connectivity index (χ2v) is 6.74. The first-order valence-corrected chi connectivity index (χ1v) is 9.09. The van der Waals surface area contributed by atoms with E-state index in [0.29, 0.717) is 13.0 Å². The van der Waals surface area contributed by atoms with Gasteiger partial charge in [-0.2, -0.15) is 0 Å². The van der Waals surface area contributed by atoms with Gasteiger partial charge in [-0.25, -0.2) is 4.39 Å². The van der Waals surface area contributed by atoms with Crippen LogP contribution >= 0.6 is 0 Å². The fourth-order valence-corrected chi connectivity index (χ4v) is 3.85. The zero-order chi connectivity index (χ0) is 18.6. The van der Waals surface area contributed by atoms with Crippen molar-refractivity contribution in [2.24, 2.45) is 0 Å². The Kier molecular flexibility index (Phi) is 4.92. The maximum Gasteiger partial charge on any atom is 0.223 e. The van der Waals surface area contributed by atoms with Crippen molar-refractivity contribution in [3.8, 4) is 0 Å². The molecule has 2 aromatic heterocycles. The fourth-order valence-electron chi connectivity index (χ4n) is 3.85. The van der Waals surface area contributed by atoms with E-state index in [-0.39, 0.29) is 23.7 Å². The Hall–Kier alpha value is -3.08. The molecule has 4 rings (SSSR count). The zero-order valence-electron chi connectivity index (χ0n) is 14.8. The van der Waals surface area contributed by atoms with Gasteiger partial charge < -0.3 is 4.90 Å². The molecule has 3 heterocycles. The van der Waals surface area contributed by atoms with Crippen LogP contribution in [-0.2, 0) is 4.79 Å². The second kappa shape index (κ2) is 7.66. The highest BCUT2D eigenvalue weighted by atomic mass is 19.1. The number of carbonyl (C=O) groups is 1. The summed E-state index contributed by atoms with van der Waals surface area (Å²) in [5.74, 6) is -0.299. The summed E-state index contributed by atoms with van der Waals surface area (Å²) in [6, 6.07) is 14.0. The normalized spacial score (nSPS) is 15.3. The van der Waals surface area contributed by atoms with Gasteiger partial charge in [-0.1, -0.05) is 24.3 Å². The summed E-state index contributed by atoms with van der Waals surface area (Å²) in [7, 11) is 0. The molecule has 27 heavy (non-hydrogen) atoms. The molecule has 0 N–H and O–H groups in total. The molecule has 0 spiro atoms. The molecule has 1 amide bonds. The molecule has 1 aliphatic rings. The summed E-state index contributed by atoms with van der Waals surface area (Å²) in [6.07, 6.45) is 8.51. The van der Waals surface area contributed by atoms with Crippen LogP contribution in [0.1, 0.15) is 41.5 Å². The Morgan fingerprint density at radius 3 is 2.00 bits per heavy atom. The number of amides is 1. The quantitative estimate of drug-likeness (QED) is 0.687. The second-order valence-electron chi connectivity index (χ2n) is 6.74. The molecule has 0 bridgehead atoms. The SMILES string of the molecule is O=C1CCCN1C(c1ccc(F)cc1)C(c1cccnc1)c1cccnc1. The molecule has 1 aliphatic heterocycles. The number of halogens is 1. The zero-order valence-corrected chi connectivity index (χ0v) is 14.8. The standard InChI is InChI=1S/C22H20FN3O/c23-19-9-7-16(8-10-19)22(26-13-3-6-20(26)27)21(17-4-1-11-24-14-17)18-5-2-12-25-15-18/h1-2,4-5,7-12,14-15,21-22H,3,6,13H2. The molecule has 136 valence electrons. The molecule has 1 fully saturated rings. The number of pyridine rings is 2. The van der Waals surface area contributed by atoms with Gasteiger partial charge in [0.15, 0.2) is 0 Å². The van der Waals surface area contributed by atoms with Crippen LogP contribution in [0.2, 0.25) is 0 Å². The van der Waals surface area contributed by atoms with Gasteiger partial charge in [-0.05, 0) is 47.4 Å². The molecule has 1 atom stereocenters. The lowest BCUT2D eigenvalue weighted by Gasteiger charge is -2.35. The average Bonchev–Trinajstić information content (AvgIpc) is 3.14. The van der Waals surface area contributed by atoms with Crippen LogP contribution in [0, 0.1) is 5.82 Å². The number of rotatable bonds is 5. The van der Waals surface area contributed by atoms with Gasteiger partial charge in [0.2, 0.25) is 5.91 Å². The third-order valence-electron chi connectivity index (χ3n) is 5.06. The lowest BCUT2D eigenvalue weighted by atomic mass is 9.82. The molecule has 4 nitrogen and oxygen atoms in total. The van der Waals surface area contributed by atoms with Crippen molar-refractivity contribution < 1.29 is 9.18 Å². The third-order valence-corrected chi connectivity index (χ3v) is 5.06. The number of likely N-dealkylation sites (tertiary alicyclic amines) is 1. The number of carbonyl (C=O) groups excluding carboxylic acids is 1. The highest BCUT2D eigenvalue weighted by Gasteiger charge is 2.36. The van der Waals surface area contributed by atoms with Crippen LogP contribution in [0.4, 0.5) is 4.39 Å². The molecule has 1 unspecified atom stereocenters. The molecule has 1 saturated heterocycles. The van der Waals surface area contributed by atoms with E-state index in [4.69, 9.17) is 0 Å². The van der Waals surface area contributed by atoms with Gasteiger partial charge in [-0.3, -0.25) is 14.8 Å². The van der Waals surface area contributed by atoms with E-state index in [1.807, 2.05) is 41.6 Å². The number of hydrogen-bond donors (Lipinski definition) is 0. The van der Waals surface area contributed by atoms with E-state index in [9.17, 15) is 9.18 Å². The maximum absolute atomic E-state index is 13.6. The average molecular weight is 361 g/mol. The molecule has 3 aromatic rings. The Balaban J connectivity index is 1.88. The fraction of sp³-hybridized carbons (Fsp3) is 0.227. The summed E-state index contributed by atoms with van der Waals surface area (Å²) in [6.45, 7) is 0.692. The van der Waals surface area contributed by atoms with Crippen molar-refractivity contribution in [3.05, 3.63) is 95.8 Å². The molecular formula is C22H20FN3O. The van der Waals surface area contributed by atoms with Crippen LogP contribution in [0.25, 0.3) is 0 Å². The maximum atomic E-state index is 13.6. The van der Waals surface area contributed by atoms with Gasteiger partial charge in [0.05, 0.1) is 6.04 Å². The lowest BCUT2D eigenvalue weighted by molar-refractivity contribution is -0.130. The first-order chi connectivity index (χ1) is 13.2. The van der Waals surface area contributed by atoms with E-state index in [2.05, 4.69) is 9.97 Å². The van der Waals surface area contributed by atoms with E-state index >= 15 is 0 Å². The van der Waals surface area contributed by atoms with E-state index in [0.717, 1.165) is 23.1 Å². The van der Waals surface area contributed by atoms with Crippen molar-refractivity contribution in [2.45, 2.75) is 24.8 Å². The molecule has 0 aliphatic carbocycles. The predicted molar refractivity (Wildman–Crippen MR) is 100 cm³/mol. The smallest absolute Gasteiger partial charge is 0.223 e. The molecule has 0 radical (unpaired) electrons. The van der Waals surface area contributed by atoms with Crippen LogP contribution < -0.4 is 0 Å². The van der Waals surface area contributed by atoms with E-state index in [1.54, 1.807) is 24.5 Å². The van der Waals surface area contributed by atoms with E-state index in [1.165, 1.54) is 12.1 Å². The highest BCUT2D eigenvalue weighted by molar-refractivity contribution is 5.79. The predicted octanol–water partition coefficient (Wildman–Crippen LogP) is 4.11. The Bertz CT molecular complexity index is 860. The van der Waals surface area contributed by atoms with Gasteiger partial charge >= 0.3 is 0 Å². The van der Waals surface area contributed by atoms with Gasteiger partial charge in [0, 0.05) is 43.7 Å². The van der Waals surface area contributed by atoms with Crippen molar-refractivity contribution in [1.82, 2.24) is 14.9 Å². The highest BCUT2D eigenvalue weighted by Crippen LogP contribution is 2.42. The summed E-state index contributed by atoms with van der Waals surface area (Å²) in [5.41, 5.74) is 2.91. The Labute approximate surface area is 157 Å². The summed E-state index contributed by atoms with van der Waals surface area (Å²) in [4.78, 5) is 23.1. The summed E-state index contributed by atoms with van der Waals surface area (Å²) >= 11 is 0. The van der Waals surface area contributed by atoms with Gasteiger partial charge in [-0.15, -0.1) is 0 Å². The Morgan fingerprint density at radius 2 is 1.52 bits per heavy atom. The summed E-state index contributed by atoms with van der Waals surface area (Å²) in [5, 5.41) is 0. The Morgan fingerprint density at radius 1 is 0.889 bits per heavy atom. The van der Waals surface area contributed by atoms with Crippen molar-refractivity contribution in [2.75, 3.05) is 6.54 Å². The van der Waals surface area contributed by atoms with E-state index < -0.39 is 0 Å². The topological polar surface area (TPSA) is 46.1 Å².